The number of rotatable bonds is 5. The summed E-state index contributed by atoms with van der Waals surface area (Å²) in [6, 6.07) is 6.82. The maximum Gasteiger partial charge on any atom is 0.254 e. The quantitative estimate of drug-likeness (QED) is 0.480. The summed E-state index contributed by atoms with van der Waals surface area (Å²) in [5.74, 6) is 2.80. The molecule has 0 spiro atoms. The molecule has 6 heteroatoms. The van der Waals surface area contributed by atoms with Crippen LogP contribution in [0.3, 0.4) is 0 Å². The highest BCUT2D eigenvalue weighted by molar-refractivity contribution is 5.98. The lowest BCUT2D eigenvalue weighted by Gasteiger charge is -2.49. The second-order valence-corrected chi connectivity index (χ2v) is 12.3. The third-order valence-electron chi connectivity index (χ3n) is 9.04. The number of carbonyl (C=O) groups excluding carboxylic acids is 1. The van der Waals surface area contributed by atoms with Gasteiger partial charge in [0.15, 0.2) is 0 Å². The molecular weight excluding hydrogens is 448 g/mol. The van der Waals surface area contributed by atoms with Gasteiger partial charge < -0.3 is 15.0 Å². The molecule has 1 aromatic carbocycles. The first-order chi connectivity index (χ1) is 17.2. The van der Waals surface area contributed by atoms with E-state index in [9.17, 15) is 4.79 Å². The number of amides is 1. The van der Waals surface area contributed by atoms with Gasteiger partial charge in [0.25, 0.3) is 5.91 Å². The second-order valence-electron chi connectivity index (χ2n) is 12.3. The fourth-order valence-corrected chi connectivity index (χ4v) is 6.81. The number of ether oxygens (including phenoxy) is 1. The Balaban J connectivity index is 1.27. The normalized spacial score (nSPS) is 28.6. The minimum atomic E-state index is 0.130. The van der Waals surface area contributed by atoms with E-state index in [1.165, 1.54) is 19.3 Å². The van der Waals surface area contributed by atoms with E-state index in [2.05, 4.69) is 42.6 Å². The van der Waals surface area contributed by atoms with Crippen molar-refractivity contribution >= 4 is 22.8 Å². The van der Waals surface area contributed by atoms with E-state index in [0.29, 0.717) is 23.3 Å². The largest absolute Gasteiger partial charge is 0.501 e. The molecule has 2 atom stereocenters. The van der Waals surface area contributed by atoms with E-state index in [-0.39, 0.29) is 18.0 Å². The summed E-state index contributed by atoms with van der Waals surface area (Å²) >= 11 is 0. The van der Waals surface area contributed by atoms with Crippen LogP contribution in [0.25, 0.3) is 10.9 Å². The number of allylic oxidation sites excluding steroid dienone is 1. The van der Waals surface area contributed by atoms with Crippen LogP contribution >= 0.6 is 0 Å². The zero-order valence-electron chi connectivity index (χ0n) is 22.4. The topological polar surface area (TPSA) is 67.3 Å². The summed E-state index contributed by atoms with van der Waals surface area (Å²) in [4.78, 5) is 25.2. The number of anilines is 1. The van der Waals surface area contributed by atoms with Crippen LogP contribution in [0.15, 0.2) is 36.7 Å². The van der Waals surface area contributed by atoms with Gasteiger partial charge in [-0.05, 0) is 87.3 Å². The molecule has 36 heavy (non-hydrogen) atoms. The summed E-state index contributed by atoms with van der Waals surface area (Å²) in [7, 11) is 1.70. The van der Waals surface area contributed by atoms with Gasteiger partial charge in [-0.2, -0.15) is 0 Å². The third-order valence-corrected chi connectivity index (χ3v) is 9.04. The van der Waals surface area contributed by atoms with E-state index in [1.54, 1.807) is 7.11 Å². The molecule has 1 aromatic heterocycles. The zero-order valence-corrected chi connectivity index (χ0v) is 22.4. The summed E-state index contributed by atoms with van der Waals surface area (Å²) in [5, 5.41) is 4.48. The molecule has 2 aliphatic heterocycles. The van der Waals surface area contributed by atoms with Crippen LogP contribution in [0.4, 0.5) is 5.95 Å². The summed E-state index contributed by atoms with van der Waals surface area (Å²) in [6.45, 7) is 11.2. The fourth-order valence-electron chi connectivity index (χ4n) is 6.81. The number of fused-ring (bicyclic) bond motifs is 3. The Bertz CT molecular complexity index is 1100. The molecule has 1 aliphatic carbocycles. The summed E-state index contributed by atoms with van der Waals surface area (Å²) in [5.41, 5.74) is 1.99. The smallest absolute Gasteiger partial charge is 0.254 e. The van der Waals surface area contributed by atoms with Crippen LogP contribution in [0.1, 0.15) is 88.9 Å². The van der Waals surface area contributed by atoms with Gasteiger partial charge >= 0.3 is 0 Å². The van der Waals surface area contributed by atoms with Gasteiger partial charge in [-0.1, -0.05) is 27.4 Å². The lowest BCUT2D eigenvalue weighted by Crippen LogP contribution is -2.54. The summed E-state index contributed by atoms with van der Waals surface area (Å²) in [6.07, 6.45) is 11.9. The van der Waals surface area contributed by atoms with Crippen molar-refractivity contribution in [3.63, 3.8) is 0 Å². The van der Waals surface area contributed by atoms with Crippen molar-refractivity contribution in [3.8, 4) is 0 Å². The second kappa shape index (κ2) is 10.0. The Labute approximate surface area is 215 Å². The number of aromatic nitrogens is 2. The van der Waals surface area contributed by atoms with Crippen molar-refractivity contribution < 1.29 is 9.53 Å². The average Bonchev–Trinajstić information content (AvgIpc) is 2.86. The molecule has 6 nitrogen and oxygen atoms in total. The van der Waals surface area contributed by atoms with E-state index >= 15 is 0 Å². The third kappa shape index (κ3) is 5.09. The van der Waals surface area contributed by atoms with E-state index in [1.807, 2.05) is 24.4 Å². The van der Waals surface area contributed by atoms with E-state index < -0.39 is 0 Å². The first-order valence-corrected chi connectivity index (χ1v) is 13.8. The summed E-state index contributed by atoms with van der Waals surface area (Å²) < 4.78 is 5.44. The van der Waals surface area contributed by atoms with Crippen molar-refractivity contribution in [2.24, 2.45) is 17.3 Å². The van der Waals surface area contributed by atoms with Crippen LogP contribution in [0, 0.1) is 17.3 Å². The van der Waals surface area contributed by atoms with Gasteiger partial charge in [-0.25, -0.2) is 9.97 Å². The van der Waals surface area contributed by atoms with Crippen LogP contribution in [-0.4, -0.2) is 46.0 Å². The lowest BCUT2D eigenvalue weighted by molar-refractivity contribution is 0.0120. The molecule has 3 aliphatic rings. The molecule has 2 unspecified atom stereocenters. The zero-order chi connectivity index (χ0) is 25.4. The molecular formula is C30H42N4O2. The van der Waals surface area contributed by atoms with Crippen LogP contribution in [0.5, 0.6) is 0 Å². The predicted molar refractivity (Wildman–Crippen MR) is 145 cm³/mol. The first kappa shape index (κ1) is 25.0. The van der Waals surface area contributed by atoms with Gasteiger partial charge in [0, 0.05) is 41.2 Å². The van der Waals surface area contributed by atoms with Gasteiger partial charge in [0.2, 0.25) is 5.95 Å². The van der Waals surface area contributed by atoms with Crippen molar-refractivity contribution in [1.29, 1.82) is 0 Å². The van der Waals surface area contributed by atoms with E-state index in [4.69, 9.17) is 9.72 Å². The molecule has 194 valence electrons. The molecule has 1 saturated carbocycles. The number of carbonyl (C=O) groups is 1. The Kier molecular flexibility index (Phi) is 6.97. The molecule has 0 radical (unpaired) electrons. The molecule has 2 saturated heterocycles. The monoisotopic (exact) mass is 490 g/mol. The molecule has 3 fully saturated rings. The van der Waals surface area contributed by atoms with Gasteiger partial charge in [-0.15, -0.1) is 0 Å². The number of hydrogen-bond acceptors (Lipinski definition) is 5. The van der Waals surface area contributed by atoms with Crippen molar-refractivity contribution in [2.45, 2.75) is 96.7 Å². The predicted octanol–water partition coefficient (Wildman–Crippen LogP) is 6.58. The number of methoxy groups -OCH3 is 1. The number of nitrogens with one attached hydrogen (secondary N) is 1. The SMILES string of the molecule is C=C(OC)C1CC2CCCC(C1)N2C(=O)c1ccc2nc(NC3CCC(C(C)(C)C)CC3)ncc2c1. The average molecular weight is 491 g/mol. The number of piperidine rings is 2. The van der Waals surface area contributed by atoms with Crippen LogP contribution < -0.4 is 5.32 Å². The van der Waals surface area contributed by atoms with Gasteiger partial charge in [-0.3, -0.25) is 4.79 Å². The fraction of sp³-hybridized carbons (Fsp3) is 0.633. The maximum atomic E-state index is 13.6. The standard InChI is InChI=1S/C30H42N4O2/c1-19(36-5)21-16-25-7-6-8-26(17-21)34(25)28(35)20-9-14-27-22(15-20)18-31-29(33-27)32-24-12-10-23(11-13-24)30(2,3)4/h9,14-15,18,21,23-26H,1,6-8,10-13,16-17H2,2-5H3,(H,31,32,33). The van der Waals surface area contributed by atoms with E-state index in [0.717, 1.165) is 66.7 Å². The van der Waals surface area contributed by atoms with Crippen LogP contribution in [0.2, 0.25) is 0 Å². The Morgan fingerprint density at radius 2 is 1.78 bits per heavy atom. The lowest BCUT2D eigenvalue weighted by atomic mass is 9.71. The molecule has 2 bridgehead atoms. The van der Waals surface area contributed by atoms with Gasteiger partial charge in [0.1, 0.15) is 0 Å². The Morgan fingerprint density at radius 3 is 2.42 bits per heavy atom. The Hall–Kier alpha value is -2.63. The van der Waals surface area contributed by atoms with Crippen molar-refractivity contribution in [3.05, 3.63) is 42.3 Å². The van der Waals surface area contributed by atoms with Crippen LogP contribution in [-0.2, 0) is 4.74 Å². The number of benzene rings is 1. The van der Waals surface area contributed by atoms with Crippen molar-refractivity contribution in [1.82, 2.24) is 14.9 Å². The highest BCUT2D eigenvalue weighted by atomic mass is 16.5. The highest BCUT2D eigenvalue weighted by Gasteiger charge is 2.42. The number of hydrogen-bond donors (Lipinski definition) is 1. The maximum absolute atomic E-state index is 13.6. The molecule has 1 N–H and O–H groups in total. The molecule has 1 amide bonds. The molecule has 3 heterocycles. The highest BCUT2D eigenvalue weighted by Crippen LogP contribution is 2.41. The number of nitrogens with zero attached hydrogens (tertiary/aromatic N) is 3. The van der Waals surface area contributed by atoms with Crippen molar-refractivity contribution in [2.75, 3.05) is 12.4 Å². The first-order valence-electron chi connectivity index (χ1n) is 13.8. The molecule has 5 rings (SSSR count). The molecule has 2 aromatic rings. The minimum absolute atomic E-state index is 0.130. The van der Waals surface area contributed by atoms with Gasteiger partial charge in [0.05, 0.1) is 18.4 Å². The Morgan fingerprint density at radius 1 is 1.08 bits per heavy atom. The minimum Gasteiger partial charge on any atom is -0.501 e.